The standard InChI is InChI=1S/C59H109NO10/c1-3-5-7-9-11-13-15-17-19-21-23-24-25-26-27-29-30-32-34-36-38-40-42-44-46-51(62)54(64)50(49-69-59-57(67)56(66)55(65)53(48-61)70-59)60-58(68)52(63)47-45-43-41-39-37-35-33-31-28-22-20-18-16-14-12-10-8-6-4-2/h25-26,28,30-32,38,40,50-57,59,61-67H,3-24,27,29,33-37,39,41-49H2,1-2H3,(H,60,68)/b26-25+,31-28-,32-30+,40-38+. The molecule has 9 atom stereocenters. The monoisotopic (exact) mass is 992 g/mol. The summed E-state index contributed by atoms with van der Waals surface area (Å²) in [4.78, 5) is 13.2. The molecule has 0 aliphatic carbocycles. The third-order valence-electron chi connectivity index (χ3n) is 13.8. The minimum absolute atomic E-state index is 0.239. The zero-order chi connectivity index (χ0) is 51.1. The maximum Gasteiger partial charge on any atom is 0.249 e. The number of amides is 1. The lowest BCUT2D eigenvalue weighted by Gasteiger charge is -2.40. The van der Waals surface area contributed by atoms with Crippen molar-refractivity contribution in [3.63, 3.8) is 0 Å². The largest absolute Gasteiger partial charge is 0.394 e. The molecule has 11 nitrogen and oxygen atoms in total. The molecule has 9 unspecified atom stereocenters. The highest BCUT2D eigenvalue weighted by Crippen LogP contribution is 2.23. The number of carbonyl (C=O) groups excluding carboxylic acids is 1. The van der Waals surface area contributed by atoms with Crippen molar-refractivity contribution < 1.29 is 50.0 Å². The van der Waals surface area contributed by atoms with Crippen molar-refractivity contribution in [2.75, 3.05) is 13.2 Å². The number of ether oxygens (including phenoxy) is 2. The predicted octanol–water partition coefficient (Wildman–Crippen LogP) is 12.1. The van der Waals surface area contributed by atoms with E-state index in [9.17, 15) is 40.5 Å². The zero-order valence-electron chi connectivity index (χ0n) is 44.7. The van der Waals surface area contributed by atoms with Crippen LogP contribution in [0.1, 0.15) is 251 Å². The van der Waals surface area contributed by atoms with Crippen molar-refractivity contribution in [2.24, 2.45) is 0 Å². The maximum absolute atomic E-state index is 13.2. The molecule has 70 heavy (non-hydrogen) atoms. The number of hydrogen-bond acceptors (Lipinski definition) is 10. The van der Waals surface area contributed by atoms with E-state index < -0.39 is 74.2 Å². The average molecular weight is 993 g/mol. The van der Waals surface area contributed by atoms with Crippen LogP contribution in [0.25, 0.3) is 0 Å². The fourth-order valence-electron chi connectivity index (χ4n) is 9.06. The van der Waals surface area contributed by atoms with E-state index in [-0.39, 0.29) is 12.8 Å². The highest BCUT2D eigenvalue weighted by Gasteiger charge is 2.44. The number of allylic oxidation sites excluding steroid dienone is 8. The summed E-state index contributed by atoms with van der Waals surface area (Å²) >= 11 is 0. The predicted molar refractivity (Wildman–Crippen MR) is 288 cm³/mol. The second kappa shape index (κ2) is 48.0. The molecule has 0 aromatic rings. The Bertz CT molecular complexity index is 1280. The minimum atomic E-state index is -1.68. The van der Waals surface area contributed by atoms with Crippen molar-refractivity contribution in [3.05, 3.63) is 48.6 Å². The van der Waals surface area contributed by atoms with Crippen LogP contribution in [-0.4, -0.2) is 110 Å². The lowest BCUT2D eigenvalue weighted by molar-refractivity contribution is -0.303. The van der Waals surface area contributed by atoms with Gasteiger partial charge in [0.15, 0.2) is 6.29 Å². The van der Waals surface area contributed by atoms with Crippen LogP contribution in [0.5, 0.6) is 0 Å². The van der Waals surface area contributed by atoms with E-state index in [0.717, 1.165) is 64.2 Å². The van der Waals surface area contributed by atoms with Crippen LogP contribution >= 0.6 is 0 Å². The van der Waals surface area contributed by atoms with E-state index in [4.69, 9.17) is 9.47 Å². The van der Waals surface area contributed by atoms with Gasteiger partial charge in [0.25, 0.3) is 0 Å². The Balaban J connectivity index is 2.37. The summed E-state index contributed by atoms with van der Waals surface area (Å²) in [5.41, 5.74) is 0. The Morgan fingerprint density at radius 3 is 1.27 bits per heavy atom. The van der Waals surface area contributed by atoms with E-state index in [0.29, 0.717) is 19.3 Å². The van der Waals surface area contributed by atoms with E-state index in [1.807, 2.05) is 0 Å². The van der Waals surface area contributed by atoms with Crippen molar-refractivity contribution >= 4 is 5.91 Å². The van der Waals surface area contributed by atoms with E-state index in [2.05, 4.69) is 67.8 Å². The van der Waals surface area contributed by atoms with E-state index in [1.165, 1.54) is 141 Å². The average Bonchev–Trinajstić information content (AvgIpc) is 3.36. The van der Waals surface area contributed by atoms with Gasteiger partial charge in [0.1, 0.15) is 36.6 Å². The molecule has 1 saturated heterocycles. The minimum Gasteiger partial charge on any atom is -0.394 e. The third-order valence-corrected chi connectivity index (χ3v) is 13.8. The van der Waals surface area contributed by atoms with Gasteiger partial charge < -0.3 is 50.5 Å². The van der Waals surface area contributed by atoms with Crippen molar-refractivity contribution in [3.8, 4) is 0 Å². The lowest BCUT2D eigenvalue weighted by Crippen LogP contribution is -2.60. The molecule has 0 radical (unpaired) electrons. The smallest absolute Gasteiger partial charge is 0.249 e. The number of nitrogens with one attached hydrogen (secondary N) is 1. The summed E-state index contributed by atoms with van der Waals surface area (Å²) in [6, 6.07) is -1.20. The number of aliphatic hydroxyl groups is 7. The third kappa shape index (κ3) is 36.1. The van der Waals surface area contributed by atoms with Gasteiger partial charge in [-0.2, -0.15) is 0 Å². The van der Waals surface area contributed by atoms with Gasteiger partial charge in [0.2, 0.25) is 5.91 Å². The quantitative estimate of drug-likeness (QED) is 0.0215. The molecule has 8 N–H and O–H groups in total. The van der Waals surface area contributed by atoms with Gasteiger partial charge in [-0.25, -0.2) is 0 Å². The summed E-state index contributed by atoms with van der Waals surface area (Å²) in [6.07, 6.45) is 48.8. The van der Waals surface area contributed by atoms with Gasteiger partial charge in [0, 0.05) is 0 Å². The van der Waals surface area contributed by atoms with Gasteiger partial charge in [0.05, 0.1) is 25.4 Å². The Morgan fingerprint density at radius 1 is 0.486 bits per heavy atom. The van der Waals surface area contributed by atoms with Crippen LogP contribution in [-0.2, 0) is 14.3 Å². The molecule has 1 fully saturated rings. The number of hydrogen-bond donors (Lipinski definition) is 8. The first-order chi connectivity index (χ1) is 34.2. The summed E-state index contributed by atoms with van der Waals surface area (Å²) in [5.74, 6) is -0.717. The number of aliphatic hydroxyl groups excluding tert-OH is 7. The summed E-state index contributed by atoms with van der Waals surface area (Å²) in [5, 5.41) is 76.1. The topological polar surface area (TPSA) is 189 Å². The fraction of sp³-hybridized carbons (Fsp3) is 0.847. The van der Waals surface area contributed by atoms with Gasteiger partial charge in [-0.05, 0) is 89.9 Å². The van der Waals surface area contributed by atoms with Crippen molar-refractivity contribution in [1.82, 2.24) is 5.32 Å². The molecule has 0 aromatic heterocycles. The summed E-state index contributed by atoms with van der Waals surface area (Å²) in [6.45, 7) is 3.44. The van der Waals surface area contributed by atoms with Gasteiger partial charge in [-0.1, -0.05) is 210 Å². The lowest BCUT2D eigenvalue weighted by atomic mass is 9.98. The van der Waals surface area contributed by atoms with Crippen LogP contribution in [0, 0.1) is 0 Å². The highest BCUT2D eigenvalue weighted by atomic mass is 16.7. The number of carbonyl (C=O) groups is 1. The molecule has 1 rings (SSSR count). The van der Waals surface area contributed by atoms with Crippen LogP contribution in [0.2, 0.25) is 0 Å². The normalized spacial score (nSPS) is 20.6. The fourth-order valence-corrected chi connectivity index (χ4v) is 9.06. The second-order valence-corrected chi connectivity index (χ2v) is 20.3. The van der Waals surface area contributed by atoms with Gasteiger partial charge in [-0.3, -0.25) is 4.79 Å². The van der Waals surface area contributed by atoms with Gasteiger partial charge in [-0.15, -0.1) is 0 Å². The Hall–Kier alpha value is -1.93. The second-order valence-electron chi connectivity index (χ2n) is 20.3. The molecule has 0 spiro atoms. The van der Waals surface area contributed by atoms with Crippen LogP contribution in [0.15, 0.2) is 48.6 Å². The molecule has 410 valence electrons. The van der Waals surface area contributed by atoms with Crippen LogP contribution in [0.4, 0.5) is 0 Å². The van der Waals surface area contributed by atoms with Gasteiger partial charge >= 0.3 is 0 Å². The zero-order valence-corrected chi connectivity index (χ0v) is 44.7. The molecule has 11 heteroatoms. The molecule has 1 aliphatic heterocycles. The molecular weight excluding hydrogens is 883 g/mol. The Labute approximate surface area is 428 Å². The molecule has 0 aromatic carbocycles. The molecule has 1 aliphatic rings. The highest BCUT2D eigenvalue weighted by molar-refractivity contribution is 5.80. The Morgan fingerprint density at radius 2 is 0.857 bits per heavy atom. The summed E-state index contributed by atoms with van der Waals surface area (Å²) < 4.78 is 11.1. The number of rotatable bonds is 49. The molecule has 1 heterocycles. The number of unbranched alkanes of at least 4 members (excludes halogenated alkanes) is 29. The van der Waals surface area contributed by atoms with Crippen LogP contribution < -0.4 is 5.32 Å². The summed E-state index contributed by atoms with van der Waals surface area (Å²) in [7, 11) is 0. The first kappa shape index (κ1) is 66.1. The molecule has 0 saturated carbocycles. The first-order valence-corrected chi connectivity index (χ1v) is 29.0. The maximum atomic E-state index is 13.2. The van der Waals surface area contributed by atoms with Crippen LogP contribution in [0.3, 0.4) is 0 Å². The Kier molecular flexibility index (Phi) is 45.3. The SMILES string of the molecule is CCCCCCCCCCC/C=C\CCCCCCCCC(O)C(=O)NC(COC1OC(CO)C(O)C(O)C1O)C(O)C(O)CCC/C=C/CC/C=C/CC/C=C/CCCCCCCCCCCCC. The van der Waals surface area contributed by atoms with E-state index in [1.54, 1.807) is 0 Å². The van der Waals surface area contributed by atoms with Crippen molar-refractivity contribution in [2.45, 2.75) is 306 Å². The van der Waals surface area contributed by atoms with E-state index >= 15 is 0 Å². The first-order valence-electron chi connectivity index (χ1n) is 29.0. The molecular formula is C59H109NO10. The molecule has 0 bridgehead atoms. The molecule has 1 amide bonds. The van der Waals surface area contributed by atoms with Crippen molar-refractivity contribution in [1.29, 1.82) is 0 Å².